The molecule has 1 heterocycles. The van der Waals surface area contributed by atoms with Gasteiger partial charge in [0, 0.05) is 30.6 Å². The van der Waals surface area contributed by atoms with E-state index in [0.29, 0.717) is 18.7 Å². The van der Waals surface area contributed by atoms with Crippen LogP contribution in [0.1, 0.15) is 40.2 Å². The monoisotopic (exact) mass is 366 g/mol. The van der Waals surface area contributed by atoms with Crippen molar-refractivity contribution >= 4 is 11.8 Å². The van der Waals surface area contributed by atoms with Crippen LogP contribution in [0, 0.1) is 18.7 Å². The van der Waals surface area contributed by atoms with E-state index in [0.717, 1.165) is 24.0 Å². The number of hydrogen-bond acceptors (Lipinski definition) is 2. The molecular weight excluding hydrogens is 343 g/mol. The Bertz CT molecular complexity index is 844. The molecule has 2 amide bonds. The zero-order valence-electron chi connectivity index (χ0n) is 15.3. The molecule has 0 spiro atoms. The zero-order valence-corrected chi connectivity index (χ0v) is 15.3. The van der Waals surface area contributed by atoms with Gasteiger partial charge in [0.1, 0.15) is 5.82 Å². The van der Waals surface area contributed by atoms with Gasteiger partial charge >= 0.3 is 0 Å². The third kappa shape index (κ3) is 3.87. The number of carbonyl (C=O) groups is 2. The van der Waals surface area contributed by atoms with Crippen LogP contribution in [0.4, 0.5) is 4.39 Å². The van der Waals surface area contributed by atoms with E-state index in [1.807, 2.05) is 31.2 Å². The van der Waals surface area contributed by atoms with Crippen molar-refractivity contribution in [2.45, 2.75) is 31.7 Å². The number of rotatable bonds is 4. The normalized spacial score (nSPS) is 21.9. The molecule has 0 bridgehead atoms. The Morgan fingerprint density at radius 1 is 1.00 bits per heavy atom. The number of amides is 2. The minimum atomic E-state index is -0.314. The van der Waals surface area contributed by atoms with Gasteiger partial charge in [0.2, 0.25) is 5.91 Å². The summed E-state index contributed by atoms with van der Waals surface area (Å²) in [6.45, 7) is 2.82. The SMILES string of the molecule is Cc1ccc(C(=O)N2CC(C(=O)NC3CC3)C(c3ccc(F)cc3)C2)cc1. The molecule has 27 heavy (non-hydrogen) atoms. The van der Waals surface area contributed by atoms with Crippen LogP contribution in [0.2, 0.25) is 0 Å². The minimum absolute atomic E-state index is 0.00830. The second-order valence-electron chi connectivity index (χ2n) is 7.62. The lowest BCUT2D eigenvalue weighted by molar-refractivity contribution is -0.125. The summed E-state index contributed by atoms with van der Waals surface area (Å²) in [5, 5.41) is 3.06. The van der Waals surface area contributed by atoms with Gasteiger partial charge in [-0.25, -0.2) is 4.39 Å². The Morgan fingerprint density at radius 3 is 2.30 bits per heavy atom. The Morgan fingerprint density at radius 2 is 1.67 bits per heavy atom. The Labute approximate surface area is 158 Å². The Kier molecular flexibility index (Phi) is 4.68. The van der Waals surface area contributed by atoms with Crippen molar-refractivity contribution in [1.29, 1.82) is 0 Å². The maximum absolute atomic E-state index is 13.3. The number of aryl methyl sites for hydroxylation is 1. The van der Waals surface area contributed by atoms with Crippen LogP contribution in [-0.2, 0) is 4.79 Å². The molecule has 4 rings (SSSR count). The van der Waals surface area contributed by atoms with E-state index >= 15 is 0 Å². The number of benzene rings is 2. The molecule has 2 fully saturated rings. The highest BCUT2D eigenvalue weighted by Crippen LogP contribution is 2.34. The van der Waals surface area contributed by atoms with Crippen molar-refractivity contribution in [1.82, 2.24) is 10.2 Å². The Balaban J connectivity index is 1.57. The highest BCUT2D eigenvalue weighted by molar-refractivity contribution is 5.95. The van der Waals surface area contributed by atoms with Crippen molar-refractivity contribution in [3.05, 3.63) is 71.0 Å². The van der Waals surface area contributed by atoms with E-state index in [1.165, 1.54) is 12.1 Å². The summed E-state index contributed by atoms with van der Waals surface area (Å²) < 4.78 is 13.3. The van der Waals surface area contributed by atoms with Gasteiger partial charge in [-0.3, -0.25) is 9.59 Å². The summed E-state index contributed by atoms with van der Waals surface area (Å²) in [5.74, 6) is -0.817. The first-order valence-corrected chi connectivity index (χ1v) is 9.43. The average molecular weight is 366 g/mol. The number of nitrogens with one attached hydrogen (secondary N) is 1. The van der Waals surface area contributed by atoms with E-state index in [2.05, 4.69) is 5.32 Å². The van der Waals surface area contributed by atoms with Gasteiger partial charge in [-0.1, -0.05) is 29.8 Å². The third-order valence-corrected chi connectivity index (χ3v) is 5.46. The van der Waals surface area contributed by atoms with Gasteiger partial charge in [-0.05, 0) is 49.6 Å². The summed E-state index contributed by atoms with van der Waals surface area (Å²) >= 11 is 0. The van der Waals surface area contributed by atoms with Crippen molar-refractivity contribution in [3.8, 4) is 0 Å². The first-order chi connectivity index (χ1) is 13.0. The highest BCUT2D eigenvalue weighted by Gasteiger charge is 2.41. The molecule has 1 aliphatic heterocycles. The van der Waals surface area contributed by atoms with Crippen LogP contribution < -0.4 is 5.32 Å². The molecule has 4 nitrogen and oxygen atoms in total. The lowest BCUT2D eigenvalue weighted by Crippen LogP contribution is -2.36. The molecule has 5 heteroatoms. The number of hydrogen-bond donors (Lipinski definition) is 1. The second-order valence-corrected chi connectivity index (χ2v) is 7.62. The van der Waals surface area contributed by atoms with Crippen LogP contribution in [0.5, 0.6) is 0 Å². The molecule has 2 atom stereocenters. The van der Waals surface area contributed by atoms with E-state index in [4.69, 9.17) is 0 Å². The van der Waals surface area contributed by atoms with Gasteiger partial charge in [-0.15, -0.1) is 0 Å². The molecule has 2 unspecified atom stereocenters. The van der Waals surface area contributed by atoms with Gasteiger partial charge in [0.05, 0.1) is 5.92 Å². The molecule has 2 aromatic carbocycles. The predicted octanol–water partition coefficient (Wildman–Crippen LogP) is 3.27. The molecule has 1 aliphatic carbocycles. The van der Waals surface area contributed by atoms with Crippen molar-refractivity contribution in [3.63, 3.8) is 0 Å². The molecule has 0 aromatic heterocycles. The van der Waals surface area contributed by atoms with Gasteiger partial charge in [0.15, 0.2) is 0 Å². The first-order valence-electron chi connectivity index (χ1n) is 9.43. The molecule has 1 N–H and O–H groups in total. The number of carbonyl (C=O) groups excluding carboxylic acids is 2. The Hall–Kier alpha value is -2.69. The fourth-order valence-electron chi connectivity index (χ4n) is 3.70. The summed E-state index contributed by atoms with van der Waals surface area (Å²) in [5.41, 5.74) is 2.62. The summed E-state index contributed by atoms with van der Waals surface area (Å²) in [4.78, 5) is 27.4. The number of likely N-dealkylation sites (tertiary alicyclic amines) is 1. The smallest absolute Gasteiger partial charge is 0.253 e. The maximum atomic E-state index is 13.3. The van der Waals surface area contributed by atoms with E-state index < -0.39 is 0 Å². The predicted molar refractivity (Wildman–Crippen MR) is 101 cm³/mol. The lowest BCUT2D eigenvalue weighted by atomic mass is 9.88. The molecule has 1 saturated carbocycles. The minimum Gasteiger partial charge on any atom is -0.353 e. The van der Waals surface area contributed by atoms with Crippen LogP contribution in [0.3, 0.4) is 0 Å². The van der Waals surface area contributed by atoms with Gasteiger partial charge in [0.25, 0.3) is 5.91 Å². The first kappa shape index (κ1) is 17.7. The zero-order chi connectivity index (χ0) is 19.0. The van der Waals surface area contributed by atoms with E-state index in [9.17, 15) is 14.0 Å². The van der Waals surface area contributed by atoms with Crippen molar-refractivity contribution in [2.75, 3.05) is 13.1 Å². The van der Waals surface area contributed by atoms with Crippen molar-refractivity contribution in [2.24, 2.45) is 5.92 Å². The quantitative estimate of drug-likeness (QED) is 0.903. The fraction of sp³-hybridized carbons (Fsp3) is 0.364. The molecule has 2 aliphatic rings. The molecular formula is C22H23FN2O2. The fourth-order valence-corrected chi connectivity index (χ4v) is 3.70. The molecule has 0 radical (unpaired) electrons. The lowest BCUT2D eigenvalue weighted by Gasteiger charge is -2.18. The third-order valence-electron chi connectivity index (χ3n) is 5.46. The van der Waals surface area contributed by atoms with Crippen LogP contribution >= 0.6 is 0 Å². The topological polar surface area (TPSA) is 49.4 Å². The summed E-state index contributed by atoms with van der Waals surface area (Å²) in [7, 11) is 0. The molecule has 140 valence electrons. The number of halogens is 1. The van der Waals surface area contributed by atoms with Crippen LogP contribution in [0.25, 0.3) is 0 Å². The summed E-state index contributed by atoms with van der Waals surface area (Å²) in [6, 6.07) is 14.0. The van der Waals surface area contributed by atoms with Crippen LogP contribution in [0.15, 0.2) is 48.5 Å². The standard InChI is InChI=1S/C22H23FN2O2/c1-14-2-4-16(5-3-14)22(27)25-12-19(15-6-8-17(23)9-7-15)20(13-25)21(26)24-18-10-11-18/h2-9,18-20H,10-13H2,1H3,(H,24,26). The number of nitrogens with zero attached hydrogens (tertiary/aromatic N) is 1. The summed E-state index contributed by atoms with van der Waals surface area (Å²) in [6.07, 6.45) is 2.04. The second kappa shape index (κ2) is 7.14. The van der Waals surface area contributed by atoms with Crippen molar-refractivity contribution < 1.29 is 14.0 Å². The van der Waals surface area contributed by atoms with E-state index in [1.54, 1.807) is 17.0 Å². The molecule has 2 aromatic rings. The molecule has 1 saturated heterocycles. The van der Waals surface area contributed by atoms with Gasteiger partial charge < -0.3 is 10.2 Å². The average Bonchev–Trinajstić information content (AvgIpc) is 3.36. The van der Waals surface area contributed by atoms with E-state index in [-0.39, 0.29) is 35.5 Å². The maximum Gasteiger partial charge on any atom is 0.253 e. The van der Waals surface area contributed by atoms with Gasteiger partial charge in [-0.2, -0.15) is 0 Å². The largest absolute Gasteiger partial charge is 0.353 e. The van der Waals surface area contributed by atoms with Crippen LogP contribution in [-0.4, -0.2) is 35.8 Å². The highest BCUT2D eigenvalue weighted by atomic mass is 19.1.